The average molecular weight is 512 g/mol. The Kier molecular flexibility index (Phi) is 9.06. The Morgan fingerprint density at radius 3 is 2.23 bits per heavy atom. The predicted octanol–water partition coefficient (Wildman–Crippen LogP) is 5.28. The summed E-state index contributed by atoms with van der Waals surface area (Å²) in [5.41, 5.74) is 3.58. The van der Waals surface area contributed by atoms with Crippen molar-refractivity contribution < 1.29 is 13.2 Å². The number of fused-ring (bicyclic) bond motifs is 1. The van der Waals surface area contributed by atoms with Crippen molar-refractivity contribution >= 4 is 37.5 Å². The van der Waals surface area contributed by atoms with Crippen molar-refractivity contribution in [3.63, 3.8) is 0 Å². The molecule has 0 aliphatic rings. The van der Waals surface area contributed by atoms with Crippen molar-refractivity contribution in [1.29, 1.82) is 0 Å². The molecule has 0 unspecified atom stereocenters. The van der Waals surface area contributed by atoms with Crippen LogP contribution >= 0.6 is 11.3 Å². The minimum atomic E-state index is -3.62. The molecule has 3 rings (SSSR count). The summed E-state index contributed by atoms with van der Waals surface area (Å²) in [6.07, 6.45) is 9.04. The van der Waals surface area contributed by atoms with Crippen LogP contribution in [0.3, 0.4) is 0 Å². The van der Waals surface area contributed by atoms with E-state index in [-0.39, 0.29) is 4.90 Å². The first-order chi connectivity index (χ1) is 16.7. The van der Waals surface area contributed by atoms with Crippen LogP contribution in [0.1, 0.15) is 61.0 Å². The SMILES string of the molecule is C#CCn1c(=NC(=O)c2ccc(S(=O)(=O)N(CCCC)CCCC)cc2)sc2cc(C)c(C)cc21. The number of amides is 1. The van der Waals surface area contributed by atoms with E-state index < -0.39 is 15.9 Å². The summed E-state index contributed by atoms with van der Waals surface area (Å²) in [6.45, 7) is 9.46. The molecule has 186 valence electrons. The van der Waals surface area contributed by atoms with Crippen molar-refractivity contribution in [2.24, 2.45) is 4.99 Å². The van der Waals surface area contributed by atoms with Gasteiger partial charge in [0.15, 0.2) is 4.80 Å². The lowest BCUT2D eigenvalue weighted by atomic mass is 10.1. The van der Waals surface area contributed by atoms with E-state index >= 15 is 0 Å². The summed E-state index contributed by atoms with van der Waals surface area (Å²) in [7, 11) is -3.62. The maximum Gasteiger partial charge on any atom is 0.279 e. The molecule has 1 aromatic heterocycles. The van der Waals surface area contributed by atoms with Gasteiger partial charge in [0.2, 0.25) is 10.0 Å². The summed E-state index contributed by atoms with van der Waals surface area (Å²) in [4.78, 5) is 18.0. The van der Waals surface area contributed by atoms with E-state index in [2.05, 4.69) is 23.0 Å². The molecule has 2 aromatic carbocycles. The number of sulfonamides is 1. The number of carbonyl (C=O) groups excluding carboxylic acids is 1. The molecular weight excluding hydrogens is 478 g/mol. The van der Waals surface area contributed by atoms with Crippen LogP contribution < -0.4 is 4.80 Å². The molecule has 0 saturated heterocycles. The van der Waals surface area contributed by atoms with E-state index in [9.17, 15) is 13.2 Å². The van der Waals surface area contributed by atoms with Gasteiger partial charge in [-0.15, -0.1) is 6.42 Å². The van der Waals surface area contributed by atoms with Crippen molar-refractivity contribution in [3.05, 3.63) is 57.9 Å². The molecule has 0 radical (unpaired) electrons. The molecule has 8 heteroatoms. The lowest BCUT2D eigenvalue weighted by Crippen LogP contribution is -2.33. The molecule has 0 N–H and O–H groups in total. The third-order valence-corrected chi connectivity index (χ3v) is 8.96. The fraction of sp³-hybridized carbons (Fsp3) is 0.407. The number of rotatable bonds is 10. The van der Waals surface area contributed by atoms with Crippen LogP contribution in [0, 0.1) is 26.2 Å². The smallest absolute Gasteiger partial charge is 0.279 e. The number of aryl methyl sites for hydroxylation is 2. The quantitative estimate of drug-likeness (QED) is 0.348. The number of unbranched alkanes of at least 4 members (excludes halogenated alkanes) is 2. The number of hydrogen-bond donors (Lipinski definition) is 0. The van der Waals surface area contributed by atoms with Gasteiger partial charge in [-0.05, 0) is 74.2 Å². The Bertz CT molecular complexity index is 1400. The van der Waals surface area contributed by atoms with Gasteiger partial charge in [0.25, 0.3) is 5.91 Å². The lowest BCUT2D eigenvalue weighted by Gasteiger charge is -2.22. The van der Waals surface area contributed by atoms with Gasteiger partial charge < -0.3 is 4.57 Å². The second-order valence-electron chi connectivity index (χ2n) is 8.63. The Balaban J connectivity index is 1.94. The predicted molar refractivity (Wildman–Crippen MR) is 143 cm³/mol. The van der Waals surface area contributed by atoms with Gasteiger partial charge in [0.05, 0.1) is 21.7 Å². The molecule has 0 aliphatic heterocycles. The van der Waals surface area contributed by atoms with Crippen LogP contribution in [0.4, 0.5) is 0 Å². The van der Waals surface area contributed by atoms with Crippen LogP contribution in [0.25, 0.3) is 10.2 Å². The summed E-state index contributed by atoms with van der Waals surface area (Å²) in [5.74, 6) is 2.20. The topological polar surface area (TPSA) is 71.7 Å². The molecule has 3 aromatic rings. The molecule has 0 bridgehead atoms. The first-order valence-corrected chi connectivity index (χ1v) is 14.2. The monoisotopic (exact) mass is 511 g/mol. The summed E-state index contributed by atoms with van der Waals surface area (Å²) < 4.78 is 30.8. The molecule has 0 atom stereocenters. The normalized spacial score (nSPS) is 12.4. The molecule has 1 heterocycles. The first-order valence-electron chi connectivity index (χ1n) is 12.0. The van der Waals surface area contributed by atoms with E-state index in [1.165, 1.54) is 35.6 Å². The highest BCUT2D eigenvalue weighted by Gasteiger charge is 2.23. The van der Waals surface area contributed by atoms with Crippen LogP contribution in [-0.2, 0) is 16.6 Å². The number of benzene rings is 2. The zero-order valence-electron chi connectivity index (χ0n) is 20.9. The van der Waals surface area contributed by atoms with E-state index in [0.29, 0.717) is 30.0 Å². The second-order valence-corrected chi connectivity index (χ2v) is 11.6. The Hall–Kier alpha value is -2.73. The van der Waals surface area contributed by atoms with Crippen molar-refractivity contribution in [2.75, 3.05) is 13.1 Å². The number of hydrogen-bond acceptors (Lipinski definition) is 4. The van der Waals surface area contributed by atoms with Gasteiger partial charge in [-0.2, -0.15) is 9.30 Å². The third kappa shape index (κ3) is 6.10. The van der Waals surface area contributed by atoms with E-state index in [1.807, 2.05) is 32.3 Å². The molecule has 0 fully saturated rings. The highest BCUT2D eigenvalue weighted by Crippen LogP contribution is 2.22. The number of terminal acetylenes is 1. The zero-order valence-corrected chi connectivity index (χ0v) is 22.5. The van der Waals surface area contributed by atoms with Crippen LogP contribution in [-0.4, -0.2) is 36.3 Å². The van der Waals surface area contributed by atoms with Crippen LogP contribution in [0.2, 0.25) is 0 Å². The molecular formula is C27H33N3O3S2. The molecule has 0 aliphatic carbocycles. The van der Waals surface area contributed by atoms with Gasteiger partial charge >= 0.3 is 0 Å². The molecule has 6 nitrogen and oxygen atoms in total. The molecule has 0 saturated carbocycles. The van der Waals surface area contributed by atoms with Gasteiger partial charge in [0.1, 0.15) is 0 Å². The number of nitrogens with zero attached hydrogens (tertiary/aromatic N) is 3. The largest absolute Gasteiger partial charge is 0.305 e. The fourth-order valence-electron chi connectivity index (χ4n) is 3.74. The van der Waals surface area contributed by atoms with Gasteiger partial charge in [-0.1, -0.05) is 43.9 Å². The highest BCUT2D eigenvalue weighted by molar-refractivity contribution is 7.89. The first kappa shape index (κ1) is 26.9. The second kappa shape index (κ2) is 11.8. The van der Waals surface area contributed by atoms with Crippen molar-refractivity contribution in [2.45, 2.75) is 64.8 Å². The summed E-state index contributed by atoms with van der Waals surface area (Å²) in [6, 6.07) is 10.2. The number of aromatic nitrogens is 1. The summed E-state index contributed by atoms with van der Waals surface area (Å²) >= 11 is 1.41. The minimum Gasteiger partial charge on any atom is -0.305 e. The molecule has 0 spiro atoms. The Morgan fingerprint density at radius 1 is 1.06 bits per heavy atom. The molecule has 35 heavy (non-hydrogen) atoms. The van der Waals surface area contributed by atoms with E-state index in [1.54, 1.807) is 4.31 Å². The number of carbonyl (C=O) groups is 1. The number of thiazole rings is 1. The maximum absolute atomic E-state index is 13.2. The van der Waals surface area contributed by atoms with Gasteiger partial charge in [-0.25, -0.2) is 8.42 Å². The maximum atomic E-state index is 13.2. The van der Waals surface area contributed by atoms with E-state index in [4.69, 9.17) is 6.42 Å². The van der Waals surface area contributed by atoms with Gasteiger partial charge in [0, 0.05) is 18.7 Å². The fourth-order valence-corrected chi connectivity index (χ4v) is 6.37. The minimum absolute atomic E-state index is 0.191. The van der Waals surface area contributed by atoms with Crippen molar-refractivity contribution in [1.82, 2.24) is 8.87 Å². The van der Waals surface area contributed by atoms with Crippen LogP contribution in [0.5, 0.6) is 0 Å². The standard InChI is InChI=1S/C27H33N3O3S2/c1-6-9-16-29(17-10-7-2)35(32,33)23-13-11-22(12-14-23)26(31)28-27-30(15-8-3)24-18-20(4)21(5)19-25(24)34-27/h3,11-14,18-19H,6-7,9-10,15-17H2,1-2,4-5H3. The zero-order chi connectivity index (χ0) is 25.6. The summed E-state index contributed by atoms with van der Waals surface area (Å²) in [5, 5.41) is 0. The third-order valence-electron chi connectivity index (χ3n) is 6.01. The van der Waals surface area contributed by atoms with E-state index in [0.717, 1.165) is 47.0 Å². The van der Waals surface area contributed by atoms with Crippen LogP contribution in [0.15, 0.2) is 46.3 Å². The van der Waals surface area contributed by atoms with Crippen molar-refractivity contribution in [3.8, 4) is 12.3 Å². The highest BCUT2D eigenvalue weighted by atomic mass is 32.2. The Labute approximate surface area is 212 Å². The van der Waals surface area contributed by atoms with Gasteiger partial charge in [-0.3, -0.25) is 4.79 Å². The Morgan fingerprint density at radius 2 is 1.66 bits per heavy atom. The molecule has 1 amide bonds. The lowest BCUT2D eigenvalue weighted by molar-refractivity contribution is 0.0998. The average Bonchev–Trinajstić information content (AvgIpc) is 3.15.